The van der Waals surface area contributed by atoms with Crippen LogP contribution in [0.3, 0.4) is 0 Å². The number of rotatable bonds is 4. The third-order valence-electron chi connectivity index (χ3n) is 3.65. The zero-order valence-corrected chi connectivity index (χ0v) is 12.2. The topological polar surface area (TPSA) is 66.9 Å². The number of aryl methyl sites for hydroxylation is 1. The minimum atomic E-state index is -0.135. The molecule has 2 aromatic rings. The van der Waals surface area contributed by atoms with Crippen LogP contribution in [0.15, 0.2) is 30.5 Å². The van der Waals surface area contributed by atoms with Gasteiger partial charge in [-0.05, 0) is 49.9 Å². The lowest BCUT2D eigenvalue weighted by Gasteiger charge is -2.10. The van der Waals surface area contributed by atoms with Gasteiger partial charge in [0.05, 0.1) is 0 Å². The molecule has 0 aliphatic heterocycles. The van der Waals surface area contributed by atoms with Gasteiger partial charge in [0, 0.05) is 17.9 Å². The van der Waals surface area contributed by atoms with E-state index in [1.54, 1.807) is 12.3 Å². The minimum Gasteiger partial charge on any atom is -0.348 e. The van der Waals surface area contributed by atoms with E-state index >= 15 is 0 Å². The van der Waals surface area contributed by atoms with E-state index in [0.29, 0.717) is 17.7 Å². The third-order valence-corrected chi connectivity index (χ3v) is 3.65. The van der Waals surface area contributed by atoms with Crippen LogP contribution in [0, 0.1) is 13.8 Å². The Morgan fingerprint density at radius 1 is 1.24 bits per heavy atom. The molecule has 21 heavy (non-hydrogen) atoms. The quantitative estimate of drug-likeness (QED) is 0.905. The zero-order valence-electron chi connectivity index (χ0n) is 12.2. The normalized spacial score (nSPS) is 13.8. The van der Waals surface area contributed by atoms with Crippen molar-refractivity contribution in [3.63, 3.8) is 0 Å². The molecule has 1 aromatic carbocycles. The van der Waals surface area contributed by atoms with Crippen LogP contribution in [-0.2, 0) is 0 Å². The van der Waals surface area contributed by atoms with E-state index in [0.717, 1.165) is 24.1 Å². The number of benzene rings is 1. The maximum atomic E-state index is 12.0. The van der Waals surface area contributed by atoms with E-state index in [-0.39, 0.29) is 5.91 Å². The van der Waals surface area contributed by atoms with E-state index < -0.39 is 0 Å². The van der Waals surface area contributed by atoms with Crippen molar-refractivity contribution in [3.8, 4) is 0 Å². The minimum absolute atomic E-state index is 0.135. The highest BCUT2D eigenvalue weighted by atomic mass is 16.2. The molecule has 0 unspecified atom stereocenters. The van der Waals surface area contributed by atoms with Crippen LogP contribution in [0.25, 0.3) is 0 Å². The Hall–Kier alpha value is -2.43. The fourth-order valence-electron chi connectivity index (χ4n) is 2.04. The van der Waals surface area contributed by atoms with Crippen molar-refractivity contribution in [2.24, 2.45) is 0 Å². The molecule has 3 rings (SSSR count). The van der Waals surface area contributed by atoms with E-state index in [1.807, 2.05) is 19.1 Å². The van der Waals surface area contributed by atoms with Crippen molar-refractivity contribution in [3.05, 3.63) is 47.3 Å². The summed E-state index contributed by atoms with van der Waals surface area (Å²) in [5.41, 5.74) is 3.69. The molecule has 1 amide bonds. The van der Waals surface area contributed by atoms with Gasteiger partial charge in [-0.15, -0.1) is 0 Å². The monoisotopic (exact) mass is 282 g/mol. The van der Waals surface area contributed by atoms with Crippen LogP contribution in [-0.4, -0.2) is 21.9 Å². The number of carbonyl (C=O) groups is 1. The van der Waals surface area contributed by atoms with Gasteiger partial charge in [-0.2, -0.15) is 0 Å². The van der Waals surface area contributed by atoms with Crippen LogP contribution in [0.1, 0.15) is 34.5 Å². The summed E-state index contributed by atoms with van der Waals surface area (Å²) in [6.45, 7) is 4.10. The Balaban J connectivity index is 1.79. The van der Waals surface area contributed by atoms with Crippen LogP contribution in [0.5, 0.6) is 0 Å². The molecule has 5 nitrogen and oxygen atoms in total. The Bertz CT molecular complexity index is 680. The zero-order chi connectivity index (χ0) is 14.8. The van der Waals surface area contributed by atoms with Crippen molar-refractivity contribution >= 4 is 17.5 Å². The summed E-state index contributed by atoms with van der Waals surface area (Å²) < 4.78 is 0. The van der Waals surface area contributed by atoms with E-state index in [1.165, 1.54) is 5.56 Å². The highest BCUT2D eigenvalue weighted by molar-refractivity contribution is 5.92. The molecule has 0 spiro atoms. The fraction of sp³-hybridized carbons (Fsp3) is 0.312. The van der Waals surface area contributed by atoms with Crippen molar-refractivity contribution in [1.29, 1.82) is 0 Å². The Morgan fingerprint density at radius 2 is 2.05 bits per heavy atom. The number of hydrogen-bond donors (Lipinski definition) is 2. The lowest BCUT2D eigenvalue weighted by molar-refractivity contribution is 0.0946. The molecule has 1 aliphatic rings. The molecule has 0 radical (unpaired) electrons. The van der Waals surface area contributed by atoms with E-state index in [4.69, 9.17) is 0 Å². The number of nitrogens with one attached hydrogen (secondary N) is 2. The lowest BCUT2D eigenvalue weighted by Crippen LogP contribution is -2.26. The van der Waals surface area contributed by atoms with Crippen LogP contribution >= 0.6 is 0 Å². The maximum Gasteiger partial charge on any atom is 0.270 e. The first-order valence-electron chi connectivity index (χ1n) is 7.10. The standard InChI is InChI=1S/C16H18N4O/c1-10-4-3-5-13(11(10)2)19-16-17-9-8-14(20-16)15(21)18-12-6-7-12/h3-5,8-9,12H,6-7H2,1-2H3,(H,18,21)(H,17,19,20). The van der Waals surface area contributed by atoms with Crippen molar-refractivity contribution in [1.82, 2.24) is 15.3 Å². The van der Waals surface area contributed by atoms with Gasteiger partial charge in [-0.3, -0.25) is 4.79 Å². The SMILES string of the molecule is Cc1cccc(Nc2nccc(C(=O)NC3CC3)n2)c1C. The van der Waals surface area contributed by atoms with Gasteiger partial charge in [-0.1, -0.05) is 12.1 Å². The summed E-state index contributed by atoms with van der Waals surface area (Å²) >= 11 is 0. The summed E-state index contributed by atoms with van der Waals surface area (Å²) in [5.74, 6) is 0.302. The first kappa shape index (κ1) is 13.5. The largest absolute Gasteiger partial charge is 0.348 e. The van der Waals surface area contributed by atoms with Gasteiger partial charge in [0.1, 0.15) is 5.69 Å². The molecular formula is C16H18N4O. The number of hydrogen-bond acceptors (Lipinski definition) is 4. The second-order valence-corrected chi connectivity index (χ2v) is 5.39. The van der Waals surface area contributed by atoms with Crippen LogP contribution in [0.2, 0.25) is 0 Å². The highest BCUT2D eigenvalue weighted by Crippen LogP contribution is 2.21. The molecule has 2 N–H and O–H groups in total. The number of anilines is 2. The molecule has 0 bridgehead atoms. The van der Waals surface area contributed by atoms with Crippen LogP contribution < -0.4 is 10.6 Å². The average molecular weight is 282 g/mol. The Kier molecular flexibility index (Phi) is 3.56. The highest BCUT2D eigenvalue weighted by Gasteiger charge is 2.24. The second kappa shape index (κ2) is 5.52. The summed E-state index contributed by atoms with van der Waals surface area (Å²) in [4.78, 5) is 20.5. The van der Waals surface area contributed by atoms with Gasteiger partial charge in [-0.25, -0.2) is 9.97 Å². The summed E-state index contributed by atoms with van der Waals surface area (Å²) in [6.07, 6.45) is 3.72. The maximum absolute atomic E-state index is 12.0. The molecule has 1 saturated carbocycles. The van der Waals surface area contributed by atoms with E-state index in [2.05, 4.69) is 33.6 Å². The Labute approximate surface area is 123 Å². The summed E-state index contributed by atoms with van der Waals surface area (Å²) in [5, 5.41) is 6.10. The average Bonchev–Trinajstić information content (AvgIpc) is 3.28. The predicted molar refractivity (Wildman–Crippen MR) is 81.7 cm³/mol. The summed E-state index contributed by atoms with van der Waals surface area (Å²) in [6, 6.07) is 7.96. The molecule has 0 atom stereocenters. The Morgan fingerprint density at radius 3 is 2.81 bits per heavy atom. The molecule has 1 aromatic heterocycles. The fourth-order valence-corrected chi connectivity index (χ4v) is 2.04. The third kappa shape index (κ3) is 3.18. The molecule has 1 fully saturated rings. The molecular weight excluding hydrogens is 264 g/mol. The van der Waals surface area contributed by atoms with Crippen molar-refractivity contribution in [2.45, 2.75) is 32.7 Å². The summed E-state index contributed by atoms with van der Waals surface area (Å²) in [7, 11) is 0. The molecule has 1 aliphatic carbocycles. The van der Waals surface area contributed by atoms with Crippen molar-refractivity contribution in [2.75, 3.05) is 5.32 Å². The second-order valence-electron chi connectivity index (χ2n) is 5.39. The first-order chi connectivity index (χ1) is 10.1. The number of carbonyl (C=O) groups excluding carboxylic acids is 1. The number of nitrogens with zero attached hydrogens (tertiary/aromatic N) is 2. The lowest BCUT2D eigenvalue weighted by atomic mass is 10.1. The van der Waals surface area contributed by atoms with Crippen LogP contribution in [0.4, 0.5) is 11.6 Å². The molecule has 0 saturated heterocycles. The number of aromatic nitrogens is 2. The molecule has 108 valence electrons. The van der Waals surface area contributed by atoms with Gasteiger partial charge >= 0.3 is 0 Å². The van der Waals surface area contributed by atoms with Gasteiger partial charge in [0.15, 0.2) is 0 Å². The predicted octanol–water partition coefficient (Wildman–Crippen LogP) is 2.73. The smallest absolute Gasteiger partial charge is 0.270 e. The van der Waals surface area contributed by atoms with Gasteiger partial charge in [0.2, 0.25) is 5.95 Å². The van der Waals surface area contributed by atoms with Gasteiger partial charge < -0.3 is 10.6 Å². The molecule has 1 heterocycles. The molecule has 5 heteroatoms. The van der Waals surface area contributed by atoms with Gasteiger partial charge in [0.25, 0.3) is 5.91 Å². The van der Waals surface area contributed by atoms with Crippen molar-refractivity contribution < 1.29 is 4.79 Å². The first-order valence-corrected chi connectivity index (χ1v) is 7.10. The van der Waals surface area contributed by atoms with E-state index in [9.17, 15) is 4.79 Å². The number of amides is 1.